The standard InChI is InChI=1S/C10H17NO5/c1-5(12)16-7-2-3-11-4-6(13)9(14)10(15)8(7)11/h6-10,13-15H,2-4H2,1H3. The van der Waals surface area contributed by atoms with E-state index in [0.717, 1.165) is 0 Å². The quantitative estimate of drug-likeness (QED) is 0.456. The molecular weight excluding hydrogens is 214 g/mol. The second-order valence-corrected chi connectivity index (χ2v) is 4.47. The van der Waals surface area contributed by atoms with Crippen LogP contribution in [0.25, 0.3) is 0 Å². The maximum atomic E-state index is 10.9. The molecule has 5 atom stereocenters. The molecule has 16 heavy (non-hydrogen) atoms. The van der Waals surface area contributed by atoms with Crippen LogP contribution in [0.1, 0.15) is 13.3 Å². The zero-order valence-electron chi connectivity index (χ0n) is 9.11. The predicted molar refractivity (Wildman–Crippen MR) is 53.6 cm³/mol. The van der Waals surface area contributed by atoms with Crippen LogP contribution in [0.2, 0.25) is 0 Å². The van der Waals surface area contributed by atoms with Crippen LogP contribution in [0, 0.1) is 0 Å². The highest BCUT2D eigenvalue weighted by Gasteiger charge is 2.49. The van der Waals surface area contributed by atoms with Crippen molar-refractivity contribution in [3.05, 3.63) is 0 Å². The first-order valence-corrected chi connectivity index (χ1v) is 5.46. The van der Waals surface area contributed by atoms with Crippen molar-refractivity contribution in [2.45, 2.75) is 43.8 Å². The molecule has 2 aliphatic heterocycles. The summed E-state index contributed by atoms with van der Waals surface area (Å²) in [5, 5.41) is 28.9. The number of esters is 1. The fourth-order valence-electron chi connectivity index (χ4n) is 2.62. The molecule has 0 aromatic carbocycles. The molecule has 0 amide bonds. The number of aliphatic hydroxyl groups is 3. The molecule has 3 N–H and O–H groups in total. The van der Waals surface area contributed by atoms with Gasteiger partial charge in [-0.3, -0.25) is 9.69 Å². The molecule has 2 saturated heterocycles. The molecule has 2 fully saturated rings. The predicted octanol–water partition coefficient (Wildman–Crippen LogP) is -1.91. The minimum absolute atomic E-state index is 0.306. The molecule has 6 heteroatoms. The number of hydrogen-bond donors (Lipinski definition) is 3. The van der Waals surface area contributed by atoms with Crippen molar-refractivity contribution >= 4 is 5.97 Å². The van der Waals surface area contributed by atoms with Crippen molar-refractivity contribution in [3.63, 3.8) is 0 Å². The van der Waals surface area contributed by atoms with E-state index in [1.165, 1.54) is 6.92 Å². The second kappa shape index (κ2) is 4.29. The van der Waals surface area contributed by atoms with Gasteiger partial charge in [0, 0.05) is 20.0 Å². The highest BCUT2D eigenvalue weighted by molar-refractivity contribution is 5.66. The average molecular weight is 231 g/mol. The van der Waals surface area contributed by atoms with Crippen LogP contribution >= 0.6 is 0 Å². The normalized spacial score (nSPS) is 44.1. The molecule has 0 bridgehead atoms. The van der Waals surface area contributed by atoms with E-state index in [0.29, 0.717) is 19.5 Å². The van der Waals surface area contributed by atoms with Gasteiger partial charge in [0.05, 0.1) is 12.1 Å². The van der Waals surface area contributed by atoms with Crippen molar-refractivity contribution in [3.8, 4) is 0 Å². The molecule has 92 valence electrons. The first-order valence-electron chi connectivity index (χ1n) is 5.46. The molecule has 2 heterocycles. The van der Waals surface area contributed by atoms with Crippen LogP contribution in [0.3, 0.4) is 0 Å². The number of carbonyl (C=O) groups is 1. The molecule has 0 saturated carbocycles. The zero-order valence-corrected chi connectivity index (χ0v) is 9.11. The minimum atomic E-state index is -1.17. The van der Waals surface area contributed by atoms with Gasteiger partial charge < -0.3 is 20.1 Å². The molecule has 0 aromatic rings. The molecular formula is C10H17NO5. The van der Waals surface area contributed by atoms with Crippen LogP contribution < -0.4 is 0 Å². The van der Waals surface area contributed by atoms with E-state index in [-0.39, 0.29) is 5.97 Å². The summed E-state index contributed by atoms with van der Waals surface area (Å²) in [6.07, 6.45) is -2.95. The van der Waals surface area contributed by atoms with Gasteiger partial charge in [-0.2, -0.15) is 0 Å². The summed E-state index contributed by atoms with van der Waals surface area (Å²) in [6, 6.07) is -0.401. The SMILES string of the molecule is CC(=O)OC1CCN2CC(O)C(O)C(O)C12. The molecule has 0 aromatic heterocycles. The number of rotatable bonds is 1. The van der Waals surface area contributed by atoms with E-state index in [2.05, 4.69) is 0 Å². The Bertz CT molecular complexity index is 284. The Morgan fingerprint density at radius 1 is 1.31 bits per heavy atom. The van der Waals surface area contributed by atoms with E-state index in [9.17, 15) is 20.1 Å². The lowest BCUT2D eigenvalue weighted by molar-refractivity contribution is -0.163. The fraction of sp³-hybridized carbons (Fsp3) is 0.900. The van der Waals surface area contributed by atoms with Crippen LogP contribution in [0.4, 0.5) is 0 Å². The van der Waals surface area contributed by atoms with E-state index < -0.39 is 30.5 Å². The summed E-state index contributed by atoms with van der Waals surface area (Å²) in [5.41, 5.74) is 0. The number of hydrogen-bond acceptors (Lipinski definition) is 6. The number of carbonyl (C=O) groups excluding carboxylic acids is 1. The maximum Gasteiger partial charge on any atom is 0.302 e. The summed E-state index contributed by atoms with van der Waals surface area (Å²) >= 11 is 0. The van der Waals surface area contributed by atoms with Gasteiger partial charge in [-0.15, -0.1) is 0 Å². The third-order valence-electron chi connectivity index (χ3n) is 3.34. The van der Waals surface area contributed by atoms with Crippen molar-refractivity contribution in [1.82, 2.24) is 4.90 Å². The molecule has 0 spiro atoms. The van der Waals surface area contributed by atoms with Gasteiger partial charge in [-0.05, 0) is 6.42 Å². The van der Waals surface area contributed by atoms with Crippen molar-refractivity contribution in [2.75, 3.05) is 13.1 Å². The number of ether oxygens (including phenoxy) is 1. The summed E-state index contributed by atoms with van der Waals surface area (Å²) in [6.45, 7) is 2.28. The van der Waals surface area contributed by atoms with E-state index >= 15 is 0 Å². The Balaban J connectivity index is 2.10. The molecule has 5 unspecified atom stereocenters. The van der Waals surface area contributed by atoms with Crippen molar-refractivity contribution in [2.24, 2.45) is 0 Å². The Morgan fingerprint density at radius 2 is 2.00 bits per heavy atom. The Labute approximate surface area is 93.4 Å². The smallest absolute Gasteiger partial charge is 0.302 e. The van der Waals surface area contributed by atoms with E-state index in [4.69, 9.17) is 4.74 Å². The molecule has 6 nitrogen and oxygen atoms in total. The largest absolute Gasteiger partial charge is 0.461 e. The van der Waals surface area contributed by atoms with Crippen LogP contribution in [-0.4, -0.2) is 69.7 Å². The lowest BCUT2D eigenvalue weighted by Gasteiger charge is -2.41. The highest BCUT2D eigenvalue weighted by Crippen LogP contribution is 2.30. The number of piperidine rings is 1. The topological polar surface area (TPSA) is 90.2 Å². The number of aliphatic hydroxyl groups excluding tert-OH is 3. The minimum Gasteiger partial charge on any atom is -0.461 e. The van der Waals surface area contributed by atoms with Gasteiger partial charge in [0.1, 0.15) is 18.3 Å². The van der Waals surface area contributed by atoms with E-state index in [1.807, 2.05) is 4.90 Å². The summed E-state index contributed by atoms with van der Waals surface area (Å²) in [5.74, 6) is -0.389. The van der Waals surface area contributed by atoms with Gasteiger partial charge in [0.25, 0.3) is 0 Å². The van der Waals surface area contributed by atoms with Crippen LogP contribution in [0.5, 0.6) is 0 Å². The summed E-state index contributed by atoms with van der Waals surface area (Å²) in [4.78, 5) is 12.7. The van der Waals surface area contributed by atoms with Crippen molar-refractivity contribution in [1.29, 1.82) is 0 Å². The fourth-order valence-corrected chi connectivity index (χ4v) is 2.62. The lowest BCUT2D eigenvalue weighted by Crippen LogP contribution is -2.61. The first-order chi connectivity index (χ1) is 7.50. The Morgan fingerprint density at radius 3 is 2.62 bits per heavy atom. The molecule has 2 rings (SSSR count). The first kappa shape index (κ1) is 11.8. The van der Waals surface area contributed by atoms with Gasteiger partial charge in [0.2, 0.25) is 0 Å². The van der Waals surface area contributed by atoms with Crippen molar-refractivity contribution < 1.29 is 24.9 Å². The summed E-state index contributed by atoms with van der Waals surface area (Å²) in [7, 11) is 0. The molecule has 2 aliphatic rings. The number of fused-ring (bicyclic) bond motifs is 1. The van der Waals surface area contributed by atoms with Gasteiger partial charge >= 0.3 is 5.97 Å². The van der Waals surface area contributed by atoms with Crippen LogP contribution in [0.15, 0.2) is 0 Å². The summed E-state index contributed by atoms with van der Waals surface area (Å²) < 4.78 is 5.10. The average Bonchev–Trinajstić information content (AvgIpc) is 2.57. The third kappa shape index (κ3) is 1.93. The molecule has 0 radical (unpaired) electrons. The van der Waals surface area contributed by atoms with Crippen LogP contribution in [-0.2, 0) is 9.53 Å². The third-order valence-corrected chi connectivity index (χ3v) is 3.34. The zero-order chi connectivity index (χ0) is 11.9. The second-order valence-electron chi connectivity index (χ2n) is 4.47. The lowest BCUT2D eigenvalue weighted by atomic mass is 9.93. The molecule has 0 aliphatic carbocycles. The van der Waals surface area contributed by atoms with Gasteiger partial charge in [0.15, 0.2) is 0 Å². The highest BCUT2D eigenvalue weighted by atomic mass is 16.5. The van der Waals surface area contributed by atoms with E-state index in [1.54, 1.807) is 0 Å². The Hall–Kier alpha value is -0.690. The maximum absolute atomic E-state index is 10.9. The van der Waals surface area contributed by atoms with Gasteiger partial charge in [-0.25, -0.2) is 0 Å². The number of nitrogens with zero attached hydrogens (tertiary/aromatic N) is 1. The van der Waals surface area contributed by atoms with Gasteiger partial charge in [-0.1, -0.05) is 0 Å². The Kier molecular flexibility index (Phi) is 3.16. The monoisotopic (exact) mass is 231 g/mol.